The van der Waals surface area contributed by atoms with E-state index in [9.17, 15) is 0 Å². The number of allylic oxidation sites excluding steroid dienone is 4. The first-order valence-corrected chi connectivity index (χ1v) is 6.53. The summed E-state index contributed by atoms with van der Waals surface area (Å²) in [5, 5.41) is 1.11. The van der Waals surface area contributed by atoms with Gasteiger partial charge in [-0.05, 0) is 6.26 Å². The minimum Gasteiger partial charge on any atom is -0.163 e. The van der Waals surface area contributed by atoms with Crippen LogP contribution in [0, 0.1) is 0 Å². The third-order valence-corrected chi connectivity index (χ3v) is 5.27. The van der Waals surface area contributed by atoms with Crippen LogP contribution in [0.1, 0.15) is 0 Å². The van der Waals surface area contributed by atoms with Gasteiger partial charge in [0.2, 0.25) is 0 Å². The van der Waals surface area contributed by atoms with Crippen molar-refractivity contribution in [3.63, 3.8) is 0 Å². The molecule has 0 aromatic rings. The van der Waals surface area contributed by atoms with Crippen molar-refractivity contribution < 1.29 is 0 Å². The highest BCUT2D eigenvalue weighted by molar-refractivity contribution is 7.98. The maximum Gasteiger partial charge on any atom is 0.127 e. The van der Waals surface area contributed by atoms with Crippen molar-refractivity contribution >= 4 is 69.8 Å². The van der Waals surface area contributed by atoms with E-state index >= 15 is 0 Å². The molecular weight excluding hydrogens is 293 g/mol. The zero-order valence-corrected chi connectivity index (χ0v) is 11.1. The first-order valence-electron chi connectivity index (χ1n) is 3.25. The molecule has 0 N–H and O–H groups in total. The molecule has 0 aromatic carbocycles. The smallest absolute Gasteiger partial charge is 0.127 e. The third-order valence-electron chi connectivity index (χ3n) is 1.62. The van der Waals surface area contributed by atoms with Gasteiger partial charge < -0.3 is 0 Å². The second-order valence-corrected chi connectivity index (χ2v) is 5.51. The molecule has 1 rings (SSSR count). The lowest BCUT2D eigenvalue weighted by Crippen LogP contribution is -2.23. The van der Waals surface area contributed by atoms with Crippen LogP contribution in [-0.2, 0) is 0 Å². The molecule has 6 heteroatoms. The number of hydrogen-bond donors (Lipinski definition) is 0. The van der Waals surface area contributed by atoms with E-state index < -0.39 is 4.87 Å². The summed E-state index contributed by atoms with van der Waals surface area (Å²) >= 11 is 31.2. The van der Waals surface area contributed by atoms with Crippen LogP contribution in [0.2, 0.25) is 0 Å². The number of hydrogen-bond acceptors (Lipinski definition) is 1. The van der Waals surface area contributed by atoms with Crippen molar-refractivity contribution in [2.75, 3.05) is 12.0 Å². The van der Waals surface area contributed by atoms with Gasteiger partial charge in [0, 0.05) is 5.75 Å². The maximum absolute atomic E-state index is 6.19. The molecule has 0 aliphatic heterocycles. The van der Waals surface area contributed by atoms with Crippen LogP contribution in [0.5, 0.6) is 0 Å². The lowest BCUT2D eigenvalue weighted by Gasteiger charge is -2.21. The second-order valence-electron chi connectivity index (χ2n) is 2.49. The maximum atomic E-state index is 6.19. The topological polar surface area (TPSA) is 0 Å². The highest BCUT2D eigenvalue weighted by atomic mass is 35.5. The molecule has 0 unspecified atom stereocenters. The van der Waals surface area contributed by atoms with E-state index in [0.29, 0.717) is 15.8 Å². The Labute approximate surface area is 106 Å². The zero-order chi connectivity index (χ0) is 10.2. The van der Waals surface area contributed by atoms with Gasteiger partial charge in [0.25, 0.3) is 0 Å². The van der Waals surface area contributed by atoms with Crippen LogP contribution in [0.15, 0.2) is 20.1 Å². The molecule has 1 aliphatic carbocycles. The van der Waals surface area contributed by atoms with E-state index in [1.807, 2.05) is 6.26 Å². The molecule has 0 amide bonds. The Balaban J connectivity index is 3.14. The molecule has 0 aromatic heterocycles. The van der Waals surface area contributed by atoms with Crippen LogP contribution >= 0.6 is 69.8 Å². The summed E-state index contributed by atoms with van der Waals surface area (Å²) in [6.07, 6.45) is 1.90. The molecule has 0 radical (unpaired) electrons. The third kappa shape index (κ3) is 1.97. The summed E-state index contributed by atoms with van der Waals surface area (Å²) in [4.78, 5) is -0.934. The van der Waals surface area contributed by atoms with Gasteiger partial charge in [0.1, 0.15) is 4.87 Å². The molecular formula is C7H5Cl5S. The van der Waals surface area contributed by atoms with Gasteiger partial charge in [-0.1, -0.05) is 46.4 Å². The van der Waals surface area contributed by atoms with Crippen LogP contribution in [0.25, 0.3) is 0 Å². The molecule has 0 atom stereocenters. The Morgan fingerprint density at radius 1 is 1.08 bits per heavy atom. The average molecular weight is 298 g/mol. The molecule has 0 heterocycles. The van der Waals surface area contributed by atoms with Gasteiger partial charge in [-0.25, -0.2) is 0 Å². The van der Waals surface area contributed by atoms with Gasteiger partial charge in [-0.2, -0.15) is 11.8 Å². The first-order chi connectivity index (χ1) is 5.95. The summed E-state index contributed by atoms with van der Waals surface area (Å²) in [7, 11) is 0. The predicted octanol–water partition coefficient (Wildman–Crippen LogP) is 4.72. The van der Waals surface area contributed by atoms with E-state index in [0.717, 1.165) is 0 Å². The second kappa shape index (κ2) is 4.42. The van der Waals surface area contributed by atoms with Gasteiger partial charge in [-0.15, -0.1) is 11.6 Å². The fourth-order valence-corrected chi connectivity index (χ4v) is 3.59. The Hall–Kier alpha value is 1.28. The van der Waals surface area contributed by atoms with E-state index in [1.165, 1.54) is 11.8 Å². The Morgan fingerprint density at radius 2 is 1.46 bits per heavy atom. The number of halogens is 5. The van der Waals surface area contributed by atoms with Crippen LogP contribution in [0.4, 0.5) is 0 Å². The normalized spacial score (nSPS) is 21.7. The molecule has 74 valence electrons. The minimum absolute atomic E-state index is 0.248. The molecule has 0 bridgehead atoms. The van der Waals surface area contributed by atoms with Gasteiger partial charge in [-0.3, -0.25) is 0 Å². The van der Waals surface area contributed by atoms with Crippen LogP contribution < -0.4 is 0 Å². The first kappa shape index (κ1) is 12.4. The SMILES string of the molecule is CSCC1(Cl)C(Cl)=C(Cl)C(Cl)=C1Cl. The highest BCUT2D eigenvalue weighted by Gasteiger charge is 2.43. The molecule has 0 nitrogen and oxygen atoms in total. The summed E-state index contributed by atoms with van der Waals surface area (Å²) < 4.78 is 0. The van der Waals surface area contributed by atoms with E-state index in [2.05, 4.69) is 0 Å². The van der Waals surface area contributed by atoms with Crippen molar-refractivity contribution in [1.29, 1.82) is 0 Å². The van der Waals surface area contributed by atoms with E-state index in [1.54, 1.807) is 0 Å². The zero-order valence-electron chi connectivity index (χ0n) is 6.51. The largest absolute Gasteiger partial charge is 0.163 e. The standard InChI is InChI=1S/C7H5Cl5S/c1-13-2-7(12)5(10)3(8)4(9)6(7)11/h2H2,1H3. The molecule has 13 heavy (non-hydrogen) atoms. The summed E-state index contributed by atoms with van der Waals surface area (Å²) in [5.41, 5.74) is 0. The van der Waals surface area contributed by atoms with Crippen molar-refractivity contribution in [2.45, 2.75) is 4.87 Å². The minimum atomic E-state index is -0.934. The lowest BCUT2D eigenvalue weighted by molar-refractivity contribution is 0.984. The Bertz CT molecular complexity index is 269. The van der Waals surface area contributed by atoms with Crippen molar-refractivity contribution in [1.82, 2.24) is 0 Å². The molecule has 0 spiro atoms. The van der Waals surface area contributed by atoms with Crippen LogP contribution in [0.3, 0.4) is 0 Å². The van der Waals surface area contributed by atoms with Crippen molar-refractivity contribution in [3.05, 3.63) is 20.1 Å². The van der Waals surface area contributed by atoms with Gasteiger partial charge in [0.05, 0.1) is 20.1 Å². The summed E-state index contributed by atoms with van der Waals surface area (Å²) in [6, 6.07) is 0. The fraction of sp³-hybridized carbons (Fsp3) is 0.429. The Kier molecular flexibility index (Phi) is 4.20. The molecule has 1 aliphatic rings. The number of thioether (sulfide) groups is 1. The average Bonchev–Trinajstić information content (AvgIpc) is 2.23. The van der Waals surface area contributed by atoms with Gasteiger partial charge in [0.15, 0.2) is 0 Å². The monoisotopic (exact) mass is 296 g/mol. The summed E-state index contributed by atoms with van der Waals surface area (Å²) in [5.74, 6) is 0.540. The van der Waals surface area contributed by atoms with E-state index in [4.69, 9.17) is 58.0 Å². The van der Waals surface area contributed by atoms with Crippen LogP contribution in [-0.4, -0.2) is 16.9 Å². The quantitative estimate of drug-likeness (QED) is 0.665. The number of alkyl halides is 1. The summed E-state index contributed by atoms with van der Waals surface area (Å²) in [6.45, 7) is 0. The number of rotatable bonds is 2. The predicted molar refractivity (Wildman–Crippen MR) is 64.4 cm³/mol. The Morgan fingerprint density at radius 3 is 1.77 bits per heavy atom. The fourth-order valence-electron chi connectivity index (χ4n) is 0.963. The molecule has 0 saturated heterocycles. The lowest BCUT2D eigenvalue weighted by atomic mass is 10.2. The molecule has 0 fully saturated rings. The molecule has 0 saturated carbocycles. The highest BCUT2D eigenvalue weighted by Crippen LogP contribution is 2.52. The van der Waals surface area contributed by atoms with E-state index in [-0.39, 0.29) is 10.1 Å². The van der Waals surface area contributed by atoms with Gasteiger partial charge >= 0.3 is 0 Å². The van der Waals surface area contributed by atoms with Crippen molar-refractivity contribution in [2.24, 2.45) is 0 Å². The van der Waals surface area contributed by atoms with Crippen molar-refractivity contribution in [3.8, 4) is 0 Å².